The Morgan fingerprint density at radius 2 is 1.91 bits per heavy atom. The monoisotopic (exact) mass is 494 g/mol. The van der Waals surface area contributed by atoms with E-state index in [2.05, 4.69) is 15.3 Å². The van der Waals surface area contributed by atoms with Crippen molar-refractivity contribution in [1.82, 2.24) is 14.5 Å². The van der Waals surface area contributed by atoms with Gasteiger partial charge in [0.25, 0.3) is 12.0 Å². The SMILES string of the molecule is CC1CS(=O)(=O)CCC1c1cc2c(N[C@H](C)c3cccc(C(F)F)c3F)ncnc2n(C)c1=O. The van der Waals surface area contributed by atoms with Crippen LogP contribution in [0.5, 0.6) is 0 Å². The Bertz CT molecular complexity index is 1410. The minimum Gasteiger partial charge on any atom is -0.363 e. The molecule has 3 atom stereocenters. The zero-order valence-corrected chi connectivity index (χ0v) is 19.7. The summed E-state index contributed by atoms with van der Waals surface area (Å²) in [5, 5.41) is 3.56. The number of hydrogen-bond donors (Lipinski definition) is 1. The number of aromatic nitrogens is 3. The third kappa shape index (κ3) is 4.40. The fourth-order valence-corrected chi connectivity index (χ4v) is 6.49. The lowest BCUT2D eigenvalue weighted by atomic mass is 9.86. The molecule has 11 heteroatoms. The highest BCUT2D eigenvalue weighted by atomic mass is 32.2. The molecule has 1 aromatic carbocycles. The number of benzene rings is 1. The standard InChI is InChI=1S/C23H25F3N4O3S/c1-12-10-34(32,33)8-7-14(12)17-9-18-21(27-11-28-22(18)30(3)23(17)31)29-13(2)15-5-4-6-16(19(15)24)20(25)26/h4-6,9,11-14,20H,7-8,10H2,1-3H3,(H,27,28,29)/t12?,13-,14?/m1/s1. The molecule has 0 spiro atoms. The zero-order valence-electron chi connectivity index (χ0n) is 18.9. The first-order chi connectivity index (χ1) is 16.0. The summed E-state index contributed by atoms with van der Waals surface area (Å²) in [6.45, 7) is 3.44. The first-order valence-electron chi connectivity index (χ1n) is 10.9. The van der Waals surface area contributed by atoms with E-state index in [9.17, 15) is 26.4 Å². The molecule has 34 heavy (non-hydrogen) atoms. The smallest absolute Gasteiger partial charge is 0.266 e. The molecule has 1 saturated heterocycles. The van der Waals surface area contributed by atoms with Crippen LogP contribution >= 0.6 is 0 Å². The van der Waals surface area contributed by atoms with Gasteiger partial charge in [-0.1, -0.05) is 25.1 Å². The summed E-state index contributed by atoms with van der Waals surface area (Å²) in [5.41, 5.74) is -0.0764. The molecular formula is C23H25F3N4O3S. The van der Waals surface area contributed by atoms with Crippen LogP contribution < -0.4 is 10.9 Å². The van der Waals surface area contributed by atoms with Crippen molar-refractivity contribution >= 4 is 26.7 Å². The van der Waals surface area contributed by atoms with E-state index >= 15 is 0 Å². The van der Waals surface area contributed by atoms with Gasteiger partial charge in [0.1, 0.15) is 23.6 Å². The molecular weight excluding hydrogens is 469 g/mol. The number of anilines is 1. The van der Waals surface area contributed by atoms with Gasteiger partial charge >= 0.3 is 0 Å². The molecule has 3 aromatic rings. The highest BCUT2D eigenvalue weighted by molar-refractivity contribution is 7.91. The predicted octanol–water partition coefficient (Wildman–Crippen LogP) is 4.12. The topological polar surface area (TPSA) is 93.9 Å². The number of sulfone groups is 1. The Hall–Kier alpha value is -2.95. The van der Waals surface area contributed by atoms with E-state index in [1.165, 1.54) is 23.0 Å². The molecule has 0 radical (unpaired) electrons. The first-order valence-corrected chi connectivity index (χ1v) is 12.7. The highest BCUT2D eigenvalue weighted by Gasteiger charge is 2.33. The quantitative estimate of drug-likeness (QED) is 0.574. The van der Waals surface area contributed by atoms with Crippen LogP contribution in [0.15, 0.2) is 35.4 Å². The van der Waals surface area contributed by atoms with E-state index in [4.69, 9.17) is 0 Å². The maximum Gasteiger partial charge on any atom is 0.266 e. The summed E-state index contributed by atoms with van der Waals surface area (Å²) in [6, 6.07) is 4.79. The van der Waals surface area contributed by atoms with Crippen LogP contribution in [-0.4, -0.2) is 34.5 Å². The summed E-state index contributed by atoms with van der Waals surface area (Å²) in [5.74, 6) is -1.15. The Morgan fingerprint density at radius 1 is 1.21 bits per heavy atom. The summed E-state index contributed by atoms with van der Waals surface area (Å²) >= 11 is 0. The number of halogens is 3. The molecule has 2 unspecified atom stereocenters. The highest BCUT2D eigenvalue weighted by Crippen LogP contribution is 2.35. The first kappa shape index (κ1) is 24.2. The second-order valence-electron chi connectivity index (χ2n) is 8.83. The lowest BCUT2D eigenvalue weighted by molar-refractivity contribution is 0.146. The number of nitrogens with one attached hydrogen (secondary N) is 1. The van der Waals surface area contributed by atoms with Crippen molar-refractivity contribution in [3.63, 3.8) is 0 Å². The summed E-state index contributed by atoms with van der Waals surface area (Å²) in [4.78, 5) is 21.6. The third-order valence-electron chi connectivity index (χ3n) is 6.49. The maximum atomic E-state index is 14.7. The lowest BCUT2D eigenvalue weighted by Gasteiger charge is -2.29. The Morgan fingerprint density at radius 3 is 2.59 bits per heavy atom. The number of alkyl halides is 2. The summed E-state index contributed by atoms with van der Waals surface area (Å²) < 4.78 is 66.4. The molecule has 182 valence electrons. The maximum absolute atomic E-state index is 14.7. The van der Waals surface area contributed by atoms with Gasteiger partial charge < -0.3 is 5.32 Å². The van der Waals surface area contributed by atoms with Gasteiger partial charge in [-0.25, -0.2) is 31.6 Å². The Balaban J connectivity index is 1.77. The van der Waals surface area contributed by atoms with Gasteiger partial charge in [0.2, 0.25) is 0 Å². The van der Waals surface area contributed by atoms with E-state index in [1.807, 2.05) is 6.92 Å². The van der Waals surface area contributed by atoms with E-state index < -0.39 is 33.7 Å². The molecule has 1 aliphatic heterocycles. The van der Waals surface area contributed by atoms with Crippen LogP contribution in [0.1, 0.15) is 55.3 Å². The zero-order chi connectivity index (χ0) is 24.8. The molecule has 3 heterocycles. The van der Waals surface area contributed by atoms with E-state index in [0.717, 1.165) is 6.07 Å². The van der Waals surface area contributed by atoms with E-state index in [1.54, 1.807) is 20.0 Å². The van der Waals surface area contributed by atoms with Crippen molar-refractivity contribution < 1.29 is 21.6 Å². The second kappa shape index (κ2) is 9.01. The van der Waals surface area contributed by atoms with Crippen LogP contribution in [0.25, 0.3) is 11.0 Å². The summed E-state index contributed by atoms with van der Waals surface area (Å²) in [7, 11) is -1.57. The van der Waals surface area contributed by atoms with E-state index in [-0.39, 0.29) is 34.5 Å². The molecule has 7 nitrogen and oxygen atoms in total. The van der Waals surface area contributed by atoms with Crippen molar-refractivity contribution in [3.8, 4) is 0 Å². The number of pyridine rings is 1. The van der Waals surface area contributed by atoms with Gasteiger partial charge in [-0.15, -0.1) is 0 Å². The number of aryl methyl sites for hydroxylation is 1. The molecule has 0 bridgehead atoms. The van der Waals surface area contributed by atoms with Crippen LogP contribution in [0.3, 0.4) is 0 Å². The molecule has 1 N–H and O–H groups in total. The van der Waals surface area contributed by atoms with Crippen molar-refractivity contribution in [3.05, 3.63) is 63.5 Å². The van der Waals surface area contributed by atoms with Gasteiger partial charge in [0.05, 0.1) is 28.5 Å². The number of fused-ring (bicyclic) bond motifs is 1. The molecule has 0 amide bonds. The fraction of sp³-hybridized carbons (Fsp3) is 0.435. The summed E-state index contributed by atoms with van der Waals surface area (Å²) in [6.07, 6.45) is -1.34. The number of hydrogen-bond acceptors (Lipinski definition) is 6. The molecule has 1 aliphatic rings. The minimum absolute atomic E-state index is 0.00600. The molecule has 0 saturated carbocycles. The normalized spacial score (nSPS) is 21.0. The van der Waals surface area contributed by atoms with Crippen molar-refractivity contribution in [2.75, 3.05) is 16.8 Å². The molecule has 2 aromatic heterocycles. The minimum atomic E-state index is -3.14. The van der Waals surface area contributed by atoms with E-state index in [0.29, 0.717) is 28.8 Å². The Labute approximate surface area is 195 Å². The second-order valence-corrected chi connectivity index (χ2v) is 11.1. The van der Waals surface area contributed by atoms with Gasteiger partial charge in [0.15, 0.2) is 9.84 Å². The van der Waals surface area contributed by atoms with Crippen LogP contribution in [-0.2, 0) is 16.9 Å². The molecule has 4 rings (SSSR count). The number of nitrogens with zero attached hydrogens (tertiary/aromatic N) is 3. The van der Waals surface area contributed by atoms with Crippen LogP contribution in [0, 0.1) is 11.7 Å². The molecule has 1 fully saturated rings. The van der Waals surface area contributed by atoms with Gasteiger partial charge in [-0.05, 0) is 31.2 Å². The predicted molar refractivity (Wildman–Crippen MR) is 123 cm³/mol. The lowest BCUT2D eigenvalue weighted by Crippen LogP contribution is -2.34. The fourth-order valence-electron chi connectivity index (χ4n) is 4.68. The average Bonchev–Trinajstić information content (AvgIpc) is 2.76. The van der Waals surface area contributed by atoms with Crippen molar-refractivity contribution in [1.29, 1.82) is 0 Å². The Kier molecular flexibility index (Phi) is 6.41. The molecule has 0 aliphatic carbocycles. The van der Waals surface area contributed by atoms with Gasteiger partial charge in [-0.3, -0.25) is 9.36 Å². The van der Waals surface area contributed by atoms with Gasteiger partial charge in [-0.2, -0.15) is 0 Å². The van der Waals surface area contributed by atoms with Crippen LogP contribution in [0.4, 0.5) is 19.0 Å². The number of rotatable bonds is 5. The van der Waals surface area contributed by atoms with Crippen molar-refractivity contribution in [2.24, 2.45) is 13.0 Å². The largest absolute Gasteiger partial charge is 0.363 e. The van der Waals surface area contributed by atoms with Gasteiger partial charge in [0, 0.05) is 18.2 Å². The average molecular weight is 495 g/mol. The van der Waals surface area contributed by atoms with Crippen molar-refractivity contribution in [2.45, 2.75) is 38.7 Å². The third-order valence-corrected chi connectivity index (χ3v) is 8.38. The van der Waals surface area contributed by atoms with Crippen LogP contribution in [0.2, 0.25) is 0 Å².